The maximum absolute atomic E-state index is 12.8. The molecule has 0 aliphatic carbocycles. The van der Waals surface area contributed by atoms with Crippen LogP contribution in [0, 0.1) is 30.9 Å². The first kappa shape index (κ1) is 23.5. The fourth-order valence-corrected chi connectivity index (χ4v) is 3.60. The van der Waals surface area contributed by atoms with E-state index >= 15 is 0 Å². The van der Waals surface area contributed by atoms with Crippen LogP contribution < -0.4 is 14.8 Å². The van der Waals surface area contributed by atoms with Gasteiger partial charge >= 0.3 is 0 Å². The van der Waals surface area contributed by atoms with E-state index < -0.39 is 10.8 Å². The van der Waals surface area contributed by atoms with Crippen LogP contribution in [0.3, 0.4) is 0 Å². The maximum Gasteiger partial charge on any atom is 0.275 e. The average Bonchev–Trinajstić information content (AvgIpc) is 3.33. The molecule has 0 saturated heterocycles. The SMILES string of the molecule is COc1ccc(-c2cc(C(=O)Nc3cc(Oc4cc(C)cc(C)c4C)cc([N+](=O)[O-])c3)[nH]n2)cc1. The number of rotatable bonds is 7. The Balaban J connectivity index is 1.58. The maximum atomic E-state index is 12.8. The van der Waals surface area contributed by atoms with E-state index in [1.807, 2.05) is 45.0 Å². The van der Waals surface area contributed by atoms with Crippen LogP contribution in [0.5, 0.6) is 17.2 Å². The Morgan fingerprint density at radius 1 is 1.00 bits per heavy atom. The number of nitrogens with zero attached hydrogens (tertiary/aromatic N) is 2. The molecule has 0 aliphatic heterocycles. The van der Waals surface area contributed by atoms with E-state index in [1.54, 1.807) is 31.4 Å². The van der Waals surface area contributed by atoms with Gasteiger partial charge in [-0.25, -0.2) is 0 Å². The first-order valence-electron chi connectivity index (χ1n) is 10.8. The third-order valence-electron chi connectivity index (χ3n) is 5.56. The third-order valence-corrected chi connectivity index (χ3v) is 5.56. The number of aromatic nitrogens is 2. The van der Waals surface area contributed by atoms with Gasteiger partial charge in [0.2, 0.25) is 0 Å². The molecule has 4 rings (SSSR count). The summed E-state index contributed by atoms with van der Waals surface area (Å²) in [6, 6.07) is 16.9. The standard InChI is InChI=1S/C26H24N4O5/c1-15-9-16(2)17(3)25(10-15)35-22-12-19(11-20(13-22)30(32)33)27-26(31)24-14-23(28-29-24)18-5-7-21(34-4)8-6-18/h5-14H,1-4H3,(H,27,31)(H,28,29). The molecule has 4 aromatic rings. The normalized spacial score (nSPS) is 10.6. The van der Waals surface area contributed by atoms with Crippen LogP contribution in [0.25, 0.3) is 11.3 Å². The van der Waals surface area contributed by atoms with Crippen molar-refractivity contribution in [2.24, 2.45) is 0 Å². The molecule has 0 saturated carbocycles. The summed E-state index contributed by atoms with van der Waals surface area (Å²) in [6.07, 6.45) is 0. The van der Waals surface area contributed by atoms with Crippen LogP contribution in [-0.2, 0) is 0 Å². The summed E-state index contributed by atoms with van der Waals surface area (Å²) in [5.74, 6) is 1.05. The lowest BCUT2D eigenvalue weighted by atomic mass is 10.1. The number of benzene rings is 3. The number of nitro benzene ring substituents is 1. The first-order chi connectivity index (χ1) is 16.7. The molecule has 2 N–H and O–H groups in total. The molecular formula is C26H24N4O5. The van der Waals surface area contributed by atoms with Crippen LogP contribution in [0.15, 0.2) is 60.7 Å². The number of H-pyrrole nitrogens is 1. The van der Waals surface area contributed by atoms with Crippen LogP contribution in [0.4, 0.5) is 11.4 Å². The molecule has 0 fully saturated rings. The van der Waals surface area contributed by atoms with Crippen molar-refractivity contribution in [1.82, 2.24) is 10.2 Å². The molecule has 35 heavy (non-hydrogen) atoms. The van der Waals surface area contributed by atoms with Crippen molar-refractivity contribution >= 4 is 17.3 Å². The number of carbonyl (C=O) groups excluding carboxylic acids is 1. The van der Waals surface area contributed by atoms with E-state index in [0.717, 1.165) is 22.3 Å². The van der Waals surface area contributed by atoms with Crippen molar-refractivity contribution in [3.63, 3.8) is 0 Å². The lowest BCUT2D eigenvalue weighted by Gasteiger charge is -2.13. The zero-order chi connectivity index (χ0) is 25.1. The molecule has 9 nitrogen and oxygen atoms in total. The number of hydrogen-bond acceptors (Lipinski definition) is 6. The molecule has 0 aliphatic rings. The number of nitrogens with one attached hydrogen (secondary N) is 2. The number of aromatic amines is 1. The molecule has 3 aromatic carbocycles. The summed E-state index contributed by atoms with van der Waals surface area (Å²) in [5, 5.41) is 21.1. The minimum Gasteiger partial charge on any atom is -0.497 e. The van der Waals surface area contributed by atoms with Gasteiger partial charge in [0.05, 0.1) is 29.5 Å². The number of amides is 1. The molecule has 0 atom stereocenters. The molecule has 0 radical (unpaired) electrons. The van der Waals surface area contributed by atoms with E-state index in [2.05, 4.69) is 15.5 Å². The number of anilines is 1. The first-order valence-corrected chi connectivity index (χ1v) is 10.8. The van der Waals surface area contributed by atoms with E-state index in [-0.39, 0.29) is 22.8 Å². The van der Waals surface area contributed by atoms with Gasteiger partial charge in [0.15, 0.2) is 0 Å². The fourth-order valence-electron chi connectivity index (χ4n) is 3.60. The average molecular weight is 473 g/mol. The zero-order valence-corrected chi connectivity index (χ0v) is 19.7. The van der Waals surface area contributed by atoms with Gasteiger partial charge in [0.25, 0.3) is 11.6 Å². The second-order valence-corrected chi connectivity index (χ2v) is 8.13. The number of non-ortho nitro benzene ring substituents is 1. The topological polar surface area (TPSA) is 119 Å². The fraction of sp³-hybridized carbons (Fsp3) is 0.154. The Kier molecular flexibility index (Phi) is 6.50. The van der Waals surface area contributed by atoms with Crippen LogP contribution in [-0.4, -0.2) is 28.1 Å². The highest BCUT2D eigenvalue weighted by Crippen LogP contribution is 2.33. The summed E-state index contributed by atoms with van der Waals surface area (Å²) >= 11 is 0. The number of nitro groups is 1. The second kappa shape index (κ2) is 9.68. The predicted molar refractivity (Wildman–Crippen MR) is 132 cm³/mol. The largest absolute Gasteiger partial charge is 0.497 e. The van der Waals surface area contributed by atoms with E-state index in [4.69, 9.17) is 9.47 Å². The molecule has 0 bridgehead atoms. The highest BCUT2D eigenvalue weighted by molar-refractivity contribution is 6.03. The summed E-state index contributed by atoms with van der Waals surface area (Å²) in [5.41, 5.74) is 4.58. The molecule has 178 valence electrons. The van der Waals surface area contributed by atoms with Gasteiger partial charge in [0, 0.05) is 17.7 Å². The number of methoxy groups -OCH3 is 1. The van der Waals surface area contributed by atoms with Crippen LogP contribution in [0.2, 0.25) is 0 Å². The molecular weight excluding hydrogens is 448 g/mol. The van der Waals surface area contributed by atoms with Gasteiger partial charge in [-0.15, -0.1) is 0 Å². The summed E-state index contributed by atoms with van der Waals surface area (Å²) in [7, 11) is 1.58. The van der Waals surface area contributed by atoms with E-state index in [0.29, 0.717) is 17.2 Å². The number of carbonyl (C=O) groups is 1. The quantitative estimate of drug-likeness (QED) is 0.253. The van der Waals surface area contributed by atoms with Crippen molar-refractivity contribution in [3.8, 4) is 28.5 Å². The van der Waals surface area contributed by atoms with Crippen molar-refractivity contribution < 1.29 is 19.2 Å². The van der Waals surface area contributed by atoms with E-state index in [1.165, 1.54) is 12.1 Å². The van der Waals surface area contributed by atoms with Gasteiger partial charge in [-0.2, -0.15) is 5.10 Å². The lowest BCUT2D eigenvalue weighted by molar-refractivity contribution is -0.384. The molecule has 0 unspecified atom stereocenters. The van der Waals surface area contributed by atoms with Gasteiger partial charge in [-0.3, -0.25) is 20.0 Å². The smallest absolute Gasteiger partial charge is 0.275 e. The second-order valence-electron chi connectivity index (χ2n) is 8.13. The molecule has 9 heteroatoms. The Bertz CT molecular complexity index is 1410. The zero-order valence-electron chi connectivity index (χ0n) is 19.7. The molecule has 1 amide bonds. The highest BCUT2D eigenvalue weighted by Gasteiger charge is 2.17. The van der Waals surface area contributed by atoms with Crippen LogP contribution >= 0.6 is 0 Å². The Morgan fingerprint density at radius 2 is 1.74 bits per heavy atom. The van der Waals surface area contributed by atoms with Crippen molar-refractivity contribution in [2.45, 2.75) is 20.8 Å². The predicted octanol–water partition coefficient (Wildman–Crippen LogP) is 5.96. The van der Waals surface area contributed by atoms with Crippen molar-refractivity contribution in [1.29, 1.82) is 0 Å². The monoisotopic (exact) mass is 472 g/mol. The number of ether oxygens (including phenoxy) is 2. The number of aryl methyl sites for hydroxylation is 2. The Morgan fingerprint density at radius 3 is 2.43 bits per heavy atom. The van der Waals surface area contributed by atoms with Gasteiger partial charge in [-0.1, -0.05) is 6.07 Å². The van der Waals surface area contributed by atoms with Gasteiger partial charge in [-0.05, 0) is 73.9 Å². The lowest BCUT2D eigenvalue weighted by Crippen LogP contribution is -2.12. The third kappa shape index (κ3) is 5.30. The minimum atomic E-state index is -0.533. The van der Waals surface area contributed by atoms with Gasteiger partial charge in [0.1, 0.15) is 22.9 Å². The molecule has 0 spiro atoms. The van der Waals surface area contributed by atoms with Crippen molar-refractivity contribution in [3.05, 3.63) is 93.2 Å². The summed E-state index contributed by atoms with van der Waals surface area (Å²) in [6.45, 7) is 5.84. The number of hydrogen-bond donors (Lipinski definition) is 2. The Hall–Kier alpha value is -4.66. The van der Waals surface area contributed by atoms with Crippen LogP contribution in [0.1, 0.15) is 27.2 Å². The molecule has 1 heterocycles. The van der Waals surface area contributed by atoms with Crippen molar-refractivity contribution in [2.75, 3.05) is 12.4 Å². The van der Waals surface area contributed by atoms with E-state index in [9.17, 15) is 14.9 Å². The highest BCUT2D eigenvalue weighted by atomic mass is 16.6. The van der Waals surface area contributed by atoms with Gasteiger partial charge < -0.3 is 14.8 Å². The summed E-state index contributed by atoms with van der Waals surface area (Å²) in [4.78, 5) is 23.8. The molecule has 1 aromatic heterocycles. The Labute approximate surface area is 201 Å². The minimum absolute atomic E-state index is 0.204. The summed E-state index contributed by atoms with van der Waals surface area (Å²) < 4.78 is 11.1.